The molecular formula is C22H24ClN3O4S2. The van der Waals surface area contributed by atoms with Crippen molar-refractivity contribution < 1.29 is 17.9 Å². The Bertz CT molecular complexity index is 1210. The average Bonchev–Trinajstić information content (AvgIpc) is 3.45. The number of halogens is 1. The molecule has 0 N–H and O–H groups in total. The Balaban J connectivity index is 1.71. The largest absolute Gasteiger partial charge is 0.376 e. The number of carbonyl (C=O) groups is 1. The number of carbonyl (C=O) groups excluding carboxylic acids is 1. The minimum absolute atomic E-state index is 0.0732. The van der Waals surface area contributed by atoms with E-state index in [4.69, 9.17) is 21.3 Å². The summed E-state index contributed by atoms with van der Waals surface area (Å²) in [6.07, 6.45) is 1.75. The van der Waals surface area contributed by atoms with E-state index in [-0.39, 0.29) is 16.9 Å². The maximum atomic E-state index is 13.5. The smallest absolute Gasteiger partial charge is 0.260 e. The Morgan fingerprint density at radius 1 is 1.22 bits per heavy atom. The molecule has 1 atom stereocenters. The van der Waals surface area contributed by atoms with Crippen molar-refractivity contribution in [1.29, 1.82) is 0 Å². The first kappa shape index (κ1) is 23.1. The van der Waals surface area contributed by atoms with Gasteiger partial charge in [0.2, 0.25) is 10.0 Å². The number of hydrogen-bond acceptors (Lipinski definition) is 6. The van der Waals surface area contributed by atoms with E-state index in [1.165, 1.54) is 49.7 Å². The molecule has 1 saturated heterocycles. The van der Waals surface area contributed by atoms with Crippen LogP contribution in [-0.4, -0.2) is 57.0 Å². The van der Waals surface area contributed by atoms with Crippen molar-refractivity contribution in [2.24, 2.45) is 0 Å². The van der Waals surface area contributed by atoms with Gasteiger partial charge in [0.15, 0.2) is 5.13 Å². The van der Waals surface area contributed by atoms with Crippen LogP contribution in [-0.2, 0) is 14.8 Å². The number of nitrogens with zero attached hydrogens (tertiary/aromatic N) is 3. The molecule has 170 valence electrons. The molecule has 0 aliphatic carbocycles. The molecule has 7 nitrogen and oxygen atoms in total. The molecule has 0 saturated carbocycles. The van der Waals surface area contributed by atoms with Gasteiger partial charge in [0.25, 0.3) is 5.91 Å². The molecule has 0 radical (unpaired) electrons. The van der Waals surface area contributed by atoms with E-state index in [2.05, 4.69) is 0 Å². The zero-order valence-electron chi connectivity index (χ0n) is 18.0. The monoisotopic (exact) mass is 493 g/mol. The van der Waals surface area contributed by atoms with Crippen LogP contribution in [0, 0.1) is 6.92 Å². The van der Waals surface area contributed by atoms with E-state index in [0.29, 0.717) is 28.9 Å². The Hall–Kier alpha value is -2.04. The number of anilines is 1. The van der Waals surface area contributed by atoms with Gasteiger partial charge in [-0.2, -0.15) is 0 Å². The highest BCUT2D eigenvalue weighted by molar-refractivity contribution is 7.89. The number of aromatic nitrogens is 1. The van der Waals surface area contributed by atoms with E-state index in [1.807, 2.05) is 19.1 Å². The maximum absolute atomic E-state index is 13.5. The second-order valence-corrected chi connectivity index (χ2v) is 11.4. The molecule has 1 fully saturated rings. The fraction of sp³-hybridized carbons (Fsp3) is 0.364. The Morgan fingerprint density at radius 3 is 2.53 bits per heavy atom. The fourth-order valence-corrected chi connectivity index (χ4v) is 5.81. The number of amides is 1. The predicted molar refractivity (Wildman–Crippen MR) is 127 cm³/mol. The highest BCUT2D eigenvalue weighted by Gasteiger charge is 2.28. The Kier molecular flexibility index (Phi) is 6.56. The lowest BCUT2D eigenvalue weighted by Gasteiger charge is -2.23. The van der Waals surface area contributed by atoms with Gasteiger partial charge in [-0.15, -0.1) is 0 Å². The van der Waals surface area contributed by atoms with Crippen LogP contribution in [0.25, 0.3) is 10.2 Å². The van der Waals surface area contributed by atoms with Crippen molar-refractivity contribution in [3.8, 4) is 0 Å². The quantitative estimate of drug-likeness (QED) is 0.510. The standard InChI is InChI=1S/C22H24ClN3O4S2/c1-14-6-11-18(23)20-19(14)24-22(31-20)26(13-16-5-4-12-30-16)21(27)15-7-9-17(10-8-15)32(28,29)25(2)3/h6-11,16H,4-5,12-13H2,1-3H3. The molecule has 2 aromatic carbocycles. The van der Waals surface area contributed by atoms with E-state index < -0.39 is 10.0 Å². The molecule has 0 spiro atoms. The lowest BCUT2D eigenvalue weighted by atomic mass is 10.2. The number of rotatable bonds is 6. The summed E-state index contributed by atoms with van der Waals surface area (Å²) >= 11 is 7.75. The van der Waals surface area contributed by atoms with E-state index in [0.717, 1.165) is 32.9 Å². The minimum atomic E-state index is -3.57. The van der Waals surface area contributed by atoms with Crippen LogP contribution in [0.4, 0.5) is 5.13 Å². The van der Waals surface area contributed by atoms with Crippen LogP contribution in [0.2, 0.25) is 5.02 Å². The third-order valence-electron chi connectivity index (χ3n) is 5.45. The van der Waals surface area contributed by atoms with E-state index in [9.17, 15) is 13.2 Å². The lowest BCUT2D eigenvalue weighted by Crippen LogP contribution is -2.37. The minimum Gasteiger partial charge on any atom is -0.376 e. The van der Waals surface area contributed by atoms with Crippen LogP contribution in [0.1, 0.15) is 28.8 Å². The van der Waals surface area contributed by atoms with Gasteiger partial charge < -0.3 is 4.74 Å². The first-order valence-electron chi connectivity index (χ1n) is 10.2. The zero-order chi connectivity index (χ0) is 23.0. The normalized spacial score (nSPS) is 16.7. The van der Waals surface area contributed by atoms with Gasteiger partial charge in [-0.05, 0) is 55.7 Å². The summed E-state index contributed by atoms with van der Waals surface area (Å²) in [5, 5.41) is 1.14. The first-order chi connectivity index (χ1) is 15.2. The van der Waals surface area contributed by atoms with Crippen LogP contribution in [0.5, 0.6) is 0 Å². The second-order valence-electron chi connectivity index (χ2n) is 7.90. The SMILES string of the molecule is Cc1ccc(Cl)c2sc(N(CC3CCCO3)C(=O)c3ccc(S(=O)(=O)N(C)C)cc3)nc12. The number of aryl methyl sites for hydroxylation is 1. The van der Waals surface area contributed by atoms with Crippen molar-refractivity contribution in [3.63, 3.8) is 0 Å². The fourth-order valence-electron chi connectivity index (χ4n) is 3.58. The third kappa shape index (κ3) is 4.40. The van der Waals surface area contributed by atoms with Crippen molar-refractivity contribution in [2.75, 3.05) is 32.1 Å². The molecule has 4 rings (SSSR count). The summed E-state index contributed by atoms with van der Waals surface area (Å²) in [4.78, 5) is 20.0. The van der Waals surface area contributed by atoms with Crippen molar-refractivity contribution in [3.05, 3.63) is 52.5 Å². The number of benzene rings is 2. The molecule has 1 aliphatic heterocycles. The molecule has 0 bridgehead atoms. The second kappa shape index (κ2) is 9.07. The van der Waals surface area contributed by atoms with Gasteiger partial charge in [0.05, 0.1) is 32.8 Å². The molecule has 1 unspecified atom stereocenters. The van der Waals surface area contributed by atoms with Gasteiger partial charge in [0, 0.05) is 26.3 Å². The van der Waals surface area contributed by atoms with Crippen LogP contribution >= 0.6 is 22.9 Å². The molecule has 3 aromatic rings. The summed E-state index contributed by atoms with van der Waals surface area (Å²) in [5.74, 6) is -0.262. The van der Waals surface area contributed by atoms with Crippen LogP contribution in [0.3, 0.4) is 0 Å². The van der Waals surface area contributed by atoms with Gasteiger partial charge in [0.1, 0.15) is 0 Å². The van der Waals surface area contributed by atoms with Crippen molar-refractivity contribution in [2.45, 2.75) is 30.8 Å². The average molecular weight is 494 g/mol. The topological polar surface area (TPSA) is 79.8 Å². The third-order valence-corrected chi connectivity index (χ3v) is 8.82. The van der Waals surface area contributed by atoms with Gasteiger partial charge in [-0.3, -0.25) is 9.69 Å². The first-order valence-corrected chi connectivity index (χ1v) is 12.8. The summed E-state index contributed by atoms with van der Waals surface area (Å²) in [6.45, 7) is 3.00. The van der Waals surface area contributed by atoms with Crippen molar-refractivity contribution in [1.82, 2.24) is 9.29 Å². The highest BCUT2D eigenvalue weighted by Crippen LogP contribution is 2.36. The van der Waals surface area contributed by atoms with E-state index in [1.54, 1.807) is 4.90 Å². The number of ether oxygens (including phenoxy) is 1. The number of sulfonamides is 1. The molecule has 1 aromatic heterocycles. The van der Waals surface area contributed by atoms with Gasteiger partial charge in [-0.25, -0.2) is 17.7 Å². The molecule has 10 heteroatoms. The van der Waals surface area contributed by atoms with Gasteiger partial charge >= 0.3 is 0 Å². The summed E-state index contributed by atoms with van der Waals surface area (Å²) in [7, 11) is -0.633. The Labute approximate surface area is 196 Å². The number of thiazole rings is 1. The van der Waals surface area contributed by atoms with Crippen LogP contribution in [0.15, 0.2) is 41.3 Å². The van der Waals surface area contributed by atoms with Crippen molar-refractivity contribution >= 4 is 54.2 Å². The number of fused-ring (bicyclic) bond motifs is 1. The van der Waals surface area contributed by atoms with Crippen LogP contribution < -0.4 is 4.90 Å². The lowest BCUT2D eigenvalue weighted by molar-refractivity contribution is 0.0917. The molecule has 32 heavy (non-hydrogen) atoms. The molecular weight excluding hydrogens is 470 g/mol. The Morgan fingerprint density at radius 2 is 1.94 bits per heavy atom. The molecule has 2 heterocycles. The molecule has 1 aliphatic rings. The summed E-state index contributed by atoms with van der Waals surface area (Å²) < 4.78 is 32.5. The summed E-state index contributed by atoms with van der Waals surface area (Å²) in [6, 6.07) is 9.71. The molecule has 1 amide bonds. The zero-order valence-corrected chi connectivity index (χ0v) is 20.4. The maximum Gasteiger partial charge on any atom is 0.260 e. The highest BCUT2D eigenvalue weighted by atomic mass is 35.5. The number of hydrogen-bond donors (Lipinski definition) is 0. The summed E-state index contributed by atoms with van der Waals surface area (Å²) in [5.41, 5.74) is 2.13. The van der Waals surface area contributed by atoms with Gasteiger partial charge in [-0.1, -0.05) is 29.0 Å². The predicted octanol–water partition coefficient (Wildman–Crippen LogP) is 4.33. The van der Waals surface area contributed by atoms with E-state index >= 15 is 0 Å².